The van der Waals surface area contributed by atoms with Crippen molar-refractivity contribution in [3.63, 3.8) is 0 Å². The van der Waals surface area contributed by atoms with E-state index in [1.165, 1.54) is 18.9 Å². The number of esters is 1. The van der Waals surface area contributed by atoms with Crippen LogP contribution in [0.5, 0.6) is 0 Å². The Morgan fingerprint density at radius 1 is 1.61 bits per heavy atom. The Kier molecular flexibility index (Phi) is 3.24. The van der Waals surface area contributed by atoms with Crippen LogP contribution in [-0.2, 0) is 19.1 Å². The van der Waals surface area contributed by atoms with Crippen LogP contribution in [-0.4, -0.2) is 36.2 Å². The van der Waals surface area contributed by atoms with E-state index in [4.69, 9.17) is 14.7 Å². The standard InChI is InChI=1S/C12H14N2O4/c1-7(15)14-10(12(16)17-2)5-8-3-4-9(6-13)18-11(8)14/h4,8,10-11H,3,5H2,1-2H3/t8-,10+,11-/m0/s1. The molecule has 0 unspecified atom stereocenters. The lowest BCUT2D eigenvalue weighted by Crippen LogP contribution is -2.46. The number of hydrogen-bond acceptors (Lipinski definition) is 5. The first-order valence-electron chi connectivity index (χ1n) is 5.72. The molecule has 1 amide bonds. The Balaban J connectivity index is 2.25. The summed E-state index contributed by atoms with van der Waals surface area (Å²) in [5.74, 6) is -0.457. The molecule has 0 aliphatic carbocycles. The summed E-state index contributed by atoms with van der Waals surface area (Å²) in [6.45, 7) is 1.38. The normalized spacial score (nSPS) is 29.7. The fraction of sp³-hybridized carbons (Fsp3) is 0.583. The second kappa shape index (κ2) is 4.69. The van der Waals surface area contributed by atoms with E-state index in [0.29, 0.717) is 12.8 Å². The van der Waals surface area contributed by atoms with Crippen LogP contribution in [0.3, 0.4) is 0 Å². The molecule has 0 bridgehead atoms. The number of hydrogen-bond donors (Lipinski definition) is 0. The molecular weight excluding hydrogens is 236 g/mol. The van der Waals surface area contributed by atoms with Gasteiger partial charge in [-0.3, -0.25) is 9.69 Å². The van der Waals surface area contributed by atoms with Crippen LogP contribution in [0, 0.1) is 17.2 Å². The molecule has 2 aliphatic rings. The molecule has 2 aliphatic heterocycles. The maximum Gasteiger partial charge on any atom is 0.328 e. The molecule has 0 aromatic rings. The monoisotopic (exact) mass is 250 g/mol. The van der Waals surface area contributed by atoms with Crippen LogP contribution < -0.4 is 0 Å². The largest absolute Gasteiger partial charge is 0.467 e. The minimum atomic E-state index is -0.617. The number of nitriles is 1. The molecule has 1 fully saturated rings. The second-order valence-electron chi connectivity index (χ2n) is 4.39. The van der Waals surface area contributed by atoms with E-state index in [0.717, 1.165) is 0 Å². The third-order valence-electron chi connectivity index (χ3n) is 3.34. The molecule has 6 heteroatoms. The molecule has 0 aromatic heterocycles. The van der Waals surface area contributed by atoms with Crippen LogP contribution in [0.2, 0.25) is 0 Å². The highest BCUT2D eigenvalue weighted by molar-refractivity contribution is 5.84. The van der Waals surface area contributed by atoms with Gasteiger partial charge >= 0.3 is 5.97 Å². The van der Waals surface area contributed by atoms with Gasteiger partial charge in [0.2, 0.25) is 5.91 Å². The van der Waals surface area contributed by atoms with Gasteiger partial charge in [0.25, 0.3) is 0 Å². The third-order valence-corrected chi connectivity index (χ3v) is 3.34. The quantitative estimate of drug-likeness (QED) is 0.635. The molecule has 2 rings (SSSR count). The van der Waals surface area contributed by atoms with Gasteiger partial charge in [0.05, 0.1) is 7.11 Å². The van der Waals surface area contributed by atoms with Crippen LogP contribution in [0.25, 0.3) is 0 Å². The topological polar surface area (TPSA) is 79.6 Å². The lowest BCUT2D eigenvalue weighted by Gasteiger charge is -2.31. The van der Waals surface area contributed by atoms with E-state index < -0.39 is 18.2 Å². The average molecular weight is 250 g/mol. The van der Waals surface area contributed by atoms with Crippen molar-refractivity contribution in [3.8, 4) is 6.07 Å². The van der Waals surface area contributed by atoms with Gasteiger partial charge in [0.15, 0.2) is 12.0 Å². The van der Waals surface area contributed by atoms with Crippen LogP contribution in [0.1, 0.15) is 19.8 Å². The smallest absolute Gasteiger partial charge is 0.328 e. The number of likely N-dealkylation sites (tertiary alicyclic amines) is 1. The Labute approximate surface area is 105 Å². The number of allylic oxidation sites excluding steroid dienone is 2. The van der Waals surface area contributed by atoms with E-state index in [9.17, 15) is 9.59 Å². The number of ether oxygens (including phenoxy) is 2. The van der Waals surface area contributed by atoms with Gasteiger partial charge in [-0.1, -0.05) is 0 Å². The zero-order chi connectivity index (χ0) is 13.3. The summed E-state index contributed by atoms with van der Waals surface area (Å²) in [4.78, 5) is 24.7. The first-order chi connectivity index (χ1) is 8.58. The number of carbonyl (C=O) groups excluding carboxylic acids is 2. The molecule has 0 saturated carbocycles. The first kappa shape index (κ1) is 12.4. The zero-order valence-corrected chi connectivity index (χ0v) is 10.3. The maximum atomic E-state index is 11.7. The van der Waals surface area contributed by atoms with Crippen LogP contribution >= 0.6 is 0 Å². The number of fused-ring (bicyclic) bond motifs is 1. The maximum absolute atomic E-state index is 11.7. The number of rotatable bonds is 1. The molecule has 0 radical (unpaired) electrons. The predicted octanol–water partition coefficient (Wildman–Crippen LogP) is 0.550. The summed E-state index contributed by atoms with van der Waals surface area (Å²) in [7, 11) is 1.29. The molecule has 2 heterocycles. The third kappa shape index (κ3) is 1.92. The minimum Gasteiger partial charge on any atom is -0.467 e. The summed E-state index contributed by atoms with van der Waals surface area (Å²) < 4.78 is 10.2. The lowest BCUT2D eigenvalue weighted by atomic mass is 9.98. The van der Waals surface area contributed by atoms with Crippen molar-refractivity contribution < 1.29 is 19.1 Å². The van der Waals surface area contributed by atoms with E-state index in [1.807, 2.05) is 6.07 Å². The van der Waals surface area contributed by atoms with Gasteiger partial charge in [-0.05, 0) is 18.9 Å². The Bertz CT molecular complexity index is 451. The van der Waals surface area contributed by atoms with Gasteiger partial charge in [0.1, 0.15) is 12.1 Å². The molecule has 1 saturated heterocycles. The van der Waals surface area contributed by atoms with Gasteiger partial charge in [0, 0.05) is 12.8 Å². The molecule has 18 heavy (non-hydrogen) atoms. The highest BCUT2D eigenvalue weighted by Crippen LogP contribution is 2.38. The predicted molar refractivity (Wildman–Crippen MR) is 59.6 cm³/mol. The van der Waals surface area contributed by atoms with Gasteiger partial charge in [-0.25, -0.2) is 4.79 Å². The Morgan fingerprint density at radius 3 is 2.89 bits per heavy atom. The van der Waals surface area contributed by atoms with Crippen molar-refractivity contribution in [2.45, 2.75) is 32.0 Å². The molecule has 0 spiro atoms. The van der Waals surface area contributed by atoms with Crippen molar-refractivity contribution in [1.29, 1.82) is 5.26 Å². The van der Waals surface area contributed by atoms with Gasteiger partial charge < -0.3 is 9.47 Å². The lowest BCUT2D eigenvalue weighted by molar-refractivity contribution is -0.157. The van der Waals surface area contributed by atoms with E-state index in [-0.39, 0.29) is 17.6 Å². The van der Waals surface area contributed by atoms with Gasteiger partial charge in [-0.15, -0.1) is 0 Å². The van der Waals surface area contributed by atoms with Crippen molar-refractivity contribution in [2.75, 3.05) is 7.11 Å². The number of methoxy groups -OCH3 is 1. The Hall–Kier alpha value is -2.03. The van der Waals surface area contributed by atoms with E-state index >= 15 is 0 Å². The second-order valence-corrected chi connectivity index (χ2v) is 4.39. The van der Waals surface area contributed by atoms with E-state index in [2.05, 4.69) is 0 Å². The molecule has 6 nitrogen and oxygen atoms in total. The molecular formula is C12H14N2O4. The fourth-order valence-corrected chi connectivity index (χ4v) is 2.54. The number of carbonyl (C=O) groups is 2. The summed E-state index contributed by atoms with van der Waals surface area (Å²) >= 11 is 0. The summed E-state index contributed by atoms with van der Waals surface area (Å²) in [6.07, 6.45) is 2.29. The fourth-order valence-electron chi connectivity index (χ4n) is 2.54. The van der Waals surface area contributed by atoms with Crippen LogP contribution in [0.4, 0.5) is 0 Å². The summed E-state index contributed by atoms with van der Waals surface area (Å²) in [6, 6.07) is 1.30. The van der Waals surface area contributed by atoms with Crippen LogP contribution in [0.15, 0.2) is 11.8 Å². The zero-order valence-electron chi connectivity index (χ0n) is 10.3. The SMILES string of the molecule is COC(=O)[C@H]1C[C@@H]2CC=C(C#N)O[C@@H]2N1C(C)=O. The van der Waals surface area contributed by atoms with E-state index in [1.54, 1.807) is 6.08 Å². The van der Waals surface area contributed by atoms with Crippen molar-refractivity contribution in [2.24, 2.45) is 5.92 Å². The summed E-state index contributed by atoms with van der Waals surface area (Å²) in [5.41, 5.74) is 0. The first-order valence-corrected chi connectivity index (χ1v) is 5.72. The highest BCUT2D eigenvalue weighted by Gasteiger charge is 2.49. The Morgan fingerprint density at radius 2 is 2.33 bits per heavy atom. The highest BCUT2D eigenvalue weighted by atomic mass is 16.5. The van der Waals surface area contributed by atoms with Gasteiger partial charge in [-0.2, -0.15) is 5.26 Å². The molecule has 0 N–H and O–H groups in total. The molecule has 3 atom stereocenters. The number of nitrogens with zero attached hydrogens (tertiary/aromatic N) is 2. The minimum absolute atomic E-state index is 0.0371. The average Bonchev–Trinajstić information content (AvgIpc) is 2.75. The van der Waals surface area contributed by atoms with Crippen molar-refractivity contribution in [1.82, 2.24) is 4.90 Å². The molecule has 96 valence electrons. The molecule has 0 aromatic carbocycles. The number of amides is 1. The summed E-state index contributed by atoms with van der Waals surface area (Å²) in [5, 5.41) is 8.82. The van der Waals surface area contributed by atoms with Crippen molar-refractivity contribution >= 4 is 11.9 Å². The van der Waals surface area contributed by atoms with Crippen molar-refractivity contribution in [3.05, 3.63) is 11.8 Å².